The van der Waals surface area contributed by atoms with E-state index in [1.54, 1.807) is 0 Å². The maximum absolute atomic E-state index is 6.16. The topological polar surface area (TPSA) is 12.0 Å². The zero-order chi connectivity index (χ0) is 13.2. The lowest BCUT2D eigenvalue weighted by atomic mass is 10.1. The van der Waals surface area contributed by atoms with Crippen molar-refractivity contribution in [2.24, 2.45) is 0 Å². The van der Waals surface area contributed by atoms with Crippen molar-refractivity contribution in [2.45, 2.75) is 52.0 Å². The van der Waals surface area contributed by atoms with Gasteiger partial charge in [-0.15, -0.1) is 0 Å². The Balaban J connectivity index is 2.07. The number of rotatable bonds is 9. The lowest BCUT2D eigenvalue weighted by Gasteiger charge is -2.07. The smallest absolute Gasteiger partial charge is 0.0462 e. The standard InChI is InChI=1S/C15H23BrClN/c1-2-3-4-5-6-7-10-18-12-13-8-9-14(16)11-15(13)17/h8-9,11,18H,2-7,10,12H2,1H3. The van der Waals surface area contributed by atoms with Crippen LogP contribution in [0.15, 0.2) is 22.7 Å². The Kier molecular flexibility index (Phi) is 8.74. The van der Waals surface area contributed by atoms with Crippen LogP contribution in [0, 0.1) is 0 Å². The van der Waals surface area contributed by atoms with Crippen molar-refractivity contribution >= 4 is 27.5 Å². The Morgan fingerprint density at radius 1 is 1.11 bits per heavy atom. The first-order valence-electron chi connectivity index (χ1n) is 6.88. The van der Waals surface area contributed by atoms with Gasteiger partial charge >= 0.3 is 0 Å². The highest BCUT2D eigenvalue weighted by Gasteiger charge is 2.00. The highest BCUT2D eigenvalue weighted by atomic mass is 79.9. The summed E-state index contributed by atoms with van der Waals surface area (Å²) < 4.78 is 1.03. The number of hydrogen-bond acceptors (Lipinski definition) is 1. The molecule has 0 spiro atoms. The third-order valence-corrected chi connectivity index (χ3v) is 3.88. The van der Waals surface area contributed by atoms with E-state index in [9.17, 15) is 0 Å². The third kappa shape index (κ3) is 6.77. The molecule has 0 aliphatic rings. The number of unbranched alkanes of at least 4 members (excludes halogenated alkanes) is 5. The lowest BCUT2D eigenvalue weighted by molar-refractivity contribution is 0.572. The molecule has 0 aliphatic carbocycles. The highest BCUT2D eigenvalue weighted by Crippen LogP contribution is 2.21. The second-order valence-electron chi connectivity index (χ2n) is 4.68. The Bertz CT molecular complexity index is 341. The minimum Gasteiger partial charge on any atom is -0.313 e. The van der Waals surface area contributed by atoms with E-state index in [-0.39, 0.29) is 0 Å². The van der Waals surface area contributed by atoms with Crippen LogP contribution in [0.25, 0.3) is 0 Å². The molecule has 1 aromatic rings. The molecule has 0 radical (unpaired) electrons. The summed E-state index contributed by atoms with van der Waals surface area (Å²) >= 11 is 9.57. The summed E-state index contributed by atoms with van der Waals surface area (Å²) in [5, 5.41) is 4.29. The number of hydrogen-bond donors (Lipinski definition) is 1. The molecule has 1 N–H and O–H groups in total. The lowest BCUT2D eigenvalue weighted by Crippen LogP contribution is -2.14. The van der Waals surface area contributed by atoms with E-state index in [0.717, 1.165) is 22.6 Å². The van der Waals surface area contributed by atoms with Gasteiger partial charge in [0.05, 0.1) is 0 Å². The molecule has 0 aromatic heterocycles. The van der Waals surface area contributed by atoms with Crippen LogP contribution < -0.4 is 5.32 Å². The molecule has 1 rings (SSSR count). The summed E-state index contributed by atoms with van der Waals surface area (Å²) in [6.07, 6.45) is 8.05. The number of benzene rings is 1. The molecular weight excluding hydrogens is 310 g/mol. The molecule has 0 heterocycles. The first kappa shape index (κ1) is 16.0. The zero-order valence-electron chi connectivity index (χ0n) is 11.1. The van der Waals surface area contributed by atoms with E-state index in [2.05, 4.69) is 34.2 Å². The van der Waals surface area contributed by atoms with Gasteiger partial charge in [-0.2, -0.15) is 0 Å². The van der Waals surface area contributed by atoms with Gasteiger partial charge in [-0.05, 0) is 30.7 Å². The van der Waals surface area contributed by atoms with Crippen LogP contribution in [0.5, 0.6) is 0 Å². The van der Waals surface area contributed by atoms with Crippen LogP contribution in [0.1, 0.15) is 51.0 Å². The summed E-state index contributed by atoms with van der Waals surface area (Å²) in [4.78, 5) is 0. The Morgan fingerprint density at radius 3 is 2.56 bits per heavy atom. The van der Waals surface area contributed by atoms with E-state index in [1.807, 2.05) is 12.1 Å². The van der Waals surface area contributed by atoms with Crippen LogP contribution >= 0.6 is 27.5 Å². The predicted molar refractivity (Wildman–Crippen MR) is 84.2 cm³/mol. The average Bonchev–Trinajstić information content (AvgIpc) is 2.35. The van der Waals surface area contributed by atoms with Crippen molar-refractivity contribution in [3.63, 3.8) is 0 Å². The minimum absolute atomic E-state index is 0.833. The largest absolute Gasteiger partial charge is 0.313 e. The van der Waals surface area contributed by atoms with Gasteiger partial charge in [-0.25, -0.2) is 0 Å². The van der Waals surface area contributed by atoms with Gasteiger partial charge in [-0.3, -0.25) is 0 Å². The second-order valence-corrected chi connectivity index (χ2v) is 6.00. The Labute approximate surface area is 124 Å². The minimum atomic E-state index is 0.833. The van der Waals surface area contributed by atoms with Crippen molar-refractivity contribution in [1.29, 1.82) is 0 Å². The second kappa shape index (κ2) is 9.82. The maximum Gasteiger partial charge on any atom is 0.0462 e. The number of nitrogens with one attached hydrogen (secondary N) is 1. The highest BCUT2D eigenvalue weighted by molar-refractivity contribution is 9.10. The van der Waals surface area contributed by atoms with Crippen LogP contribution in [-0.4, -0.2) is 6.54 Å². The molecule has 102 valence electrons. The fourth-order valence-corrected chi connectivity index (χ4v) is 2.66. The molecule has 0 aliphatic heterocycles. The SMILES string of the molecule is CCCCCCCCNCc1ccc(Br)cc1Cl. The van der Waals surface area contributed by atoms with Gasteiger partial charge in [0.25, 0.3) is 0 Å². The number of halogens is 2. The zero-order valence-corrected chi connectivity index (χ0v) is 13.5. The van der Waals surface area contributed by atoms with Gasteiger partial charge in [0.2, 0.25) is 0 Å². The summed E-state index contributed by atoms with van der Waals surface area (Å²) in [7, 11) is 0. The quantitative estimate of drug-likeness (QED) is 0.584. The van der Waals surface area contributed by atoms with E-state index in [4.69, 9.17) is 11.6 Å². The fraction of sp³-hybridized carbons (Fsp3) is 0.600. The Morgan fingerprint density at radius 2 is 1.83 bits per heavy atom. The van der Waals surface area contributed by atoms with Crippen molar-refractivity contribution in [1.82, 2.24) is 5.32 Å². The summed E-state index contributed by atoms with van der Waals surface area (Å²) in [6.45, 7) is 4.20. The fourth-order valence-electron chi connectivity index (χ4n) is 1.92. The van der Waals surface area contributed by atoms with Gasteiger partial charge < -0.3 is 5.32 Å². The normalized spacial score (nSPS) is 10.8. The van der Waals surface area contributed by atoms with Crippen molar-refractivity contribution < 1.29 is 0 Å². The first-order chi connectivity index (χ1) is 8.74. The van der Waals surface area contributed by atoms with E-state index < -0.39 is 0 Å². The summed E-state index contributed by atoms with van der Waals surface area (Å²) in [6, 6.07) is 6.05. The molecule has 0 unspecified atom stereocenters. The van der Waals surface area contributed by atoms with Gasteiger partial charge in [0.1, 0.15) is 0 Å². The van der Waals surface area contributed by atoms with Gasteiger partial charge in [0.15, 0.2) is 0 Å². The molecule has 0 fully saturated rings. The molecule has 0 saturated heterocycles. The third-order valence-electron chi connectivity index (χ3n) is 3.04. The van der Waals surface area contributed by atoms with Crippen molar-refractivity contribution in [3.05, 3.63) is 33.3 Å². The average molecular weight is 333 g/mol. The Hall–Kier alpha value is -0.0500. The van der Waals surface area contributed by atoms with E-state index >= 15 is 0 Å². The predicted octanol–water partition coefficient (Wildman–Crippen LogP) is 5.55. The monoisotopic (exact) mass is 331 g/mol. The molecule has 0 saturated carbocycles. The molecule has 0 bridgehead atoms. The van der Waals surface area contributed by atoms with E-state index in [0.29, 0.717) is 0 Å². The molecule has 1 nitrogen and oxygen atoms in total. The molecule has 18 heavy (non-hydrogen) atoms. The molecular formula is C15H23BrClN. The van der Waals surface area contributed by atoms with Gasteiger partial charge in [0, 0.05) is 16.0 Å². The van der Waals surface area contributed by atoms with Crippen molar-refractivity contribution in [3.8, 4) is 0 Å². The molecule has 0 amide bonds. The molecule has 3 heteroatoms. The van der Waals surface area contributed by atoms with Crippen LogP contribution in [0.2, 0.25) is 5.02 Å². The summed E-state index contributed by atoms with van der Waals surface area (Å²) in [5.41, 5.74) is 1.17. The summed E-state index contributed by atoms with van der Waals surface area (Å²) in [5.74, 6) is 0. The molecule has 0 atom stereocenters. The van der Waals surface area contributed by atoms with Gasteiger partial charge in [-0.1, -0.05) is 72.6 Å². The van der Waals surface area contributed by atoms with Crippen LogP contribution in [0.4, 0.5) is 0 Å². The van der Waals surface area contributed by atoms with Crippen LogP contribution in [0.3, 0.4) is 0 Å². The van der Waals surface area contributed by atoms with E-state index in [1.165, 1.54) is 44.1 Å². The van der Waals surface area contributed by atoms with Crippen molar-refractivity contribution in [2.75, 3.05) is 6.54 Å². The maximum atomic E-state index is 6.16. The van der Waals surface area contributed by atoms with Crippen LogP contribution in [-0.2, 0) is 6.54 Å². The molecule has 1 aromatic carbocycles. The first-order valence-corrected chi connectivity index (χ1v) is 8.05.